The molecule has 42 heavy (non-hydrogen) atoms. The van der Waals surface area contributed by atoms with Crippen LogP contribution in [0.15, 0.2) is 72.8 Å². The highest BCUT2D eigenvalue weighted by Gasteiger charge is 2.43. The van der Waals surface area contributed by atoms with Crippen LogP contribution in [0, 0.1) is 5.82 Å². The van der Waals surface area contributed by atoms with Gasteiger partial charge in [0.05, 0.1) is 14.2 Å². The fourth-order valence-electron chi connectivity index (χ4n) is 5.88. The number of likely N-dealkylation sites (tertiary alicyclic amines) is 1. The number of hydrogen-bond acceptors (Lipinski definition) is 6. The molecule has 0 spiro atoms. The molecule has 2 heterocycles. The molecule has 9 heteroatoms. The van der Waals surface area contributed by atoms with Crippen molar-refractivity contribution in [2.45, 2.75) is 38.0 Å². The van der Waals surface area contributed by atoms with Crippen LogP contribution in [0.25, 0.3) is 0 Å². The van der Waals surface area contributed by atoms with E-state index in [0.29, 0.717) is 50.5 Å². The molecule has 2 aliphatic heterocycles. The maximum Gasteiger partial charge on any atom is 0.254 e. The number of rotatable bonds is 9. The van der Waals surface area contributed by atoms with Crippen molar-refractivity contribution in [3.63, 3.8) is 0 Å². The third-order valence-electron chi connectivity index (χ3n) is 8.13. The lowest BCUT2D eigenvalue weighted by Gasteiger charge is -2.29. The predicted molar refractivity (Wildman–Crippen MR) is 159 cm³/mol. The van der Waals surface area contributed by atoms with Gasteiger partial charge in [-0.15, -0.1) is 0 Å². The lowest BCUT2D eigenvalue weighted by atomic mass is 10.1. The minimum Gasteiger partial charge on any atom is -0.497 e. The molecule has 2 amide bonds. The maximum absolute atomic E-state index is 14.0. The van der Waals surface area contributed by atoms with Crippen LogP contribution in [0.1, 0.15) is 34.3 Å². The van der Waals surface area contributed by atoms with Gasteiger partial charge in [0.1, 0.15) is 23.4 Å². The minimum atomic E-state index is -0.590. The van der Waals surface area contributed by atoms with Crippen molar-refractivity contribution in [1.29, 1.82) is 0 Å². The van der Waals surface area contributed by atoms with Gasteiger partial charge in [0.25, 0.3) is 5.91 Å². The Bertz CT molecular complexity index is 1360. The molecule has 3 aromatic rings. The van der Waals surface area contributed by atoms with Crippen molar-refractivity contribution in [1.82, 2.24) is 20.0 Å². The van der Waals surface area contributed by atoms with Crippen LogP contribution in [-0.2, 0) is 17.9 Å². The molecule has 3 aromatic carbocycles. The Morgan fingerprint density at radius 1 is 0.905 bits per heavy atom. The second kappa shape index (κ2) is 13.8. The number of halogens is 1. The van der Waals surface area contributed by atoms with Crippen molar-refractivity contribution < 1.29 is 23.5 Å². The van der Waals surface area contributed by atoms with E-state index < -0.39 is 6.04 Å². The number of ether oxygens (including phenoxy) is 2. The van der Waals surface area contributed by atoms with Crippen LogP contribution < -0.4 is 14.8 Å². The van der Waals surface area contributed by atoms with E-state index in [1.165, 1.54) is 12.1 Å². The fourth-order valence-corrected chi connectivity index (χ4v) is 5.88. The summed E-state index contributed by atoms with van der Waals surface area (Å²) in [6.07, 6.45) is 1.38. The van der Waals surface area contributed by atoms with Gasteiger partial charge in [-0.25, -0.2) is 4.39 Å². The second-order valence-electron chi connectivity index (χ2n) is 10.9. The van der Waals surface area contributed by atoms with Crippen LogP contribution in [0.3, 0.4) is 0 Å². The Balaban J connectivity index is 1.46. The summed E-state index contributed by atoms with van der Waals surface area (Å²) in [6.45, 7) is 4.39. The smallest absolute Gasteiger partial charge is 0.254 e. The van der Waals surface area contributed by atoms with Crippen molar-refractivity contribution in [3.05, 3.63) is 95.3 Å². The molecule has 222 valence electrons. The molecule has 2 fully saturated rings. The summed E-state index contributed by atoms with van der Waals surface area (Å²) in [5, 5.41) is 3.36. The van der Waals surface area contributed by atoms with Gasteiger partial charge < -0.3 is 24.6 Å². The molecule has 0 aliphatic carbocycles. The van der Waals surface area contributed by atoms with Crippen molar-refractivity contribution >= 4 is 11.8 Å². The molecule has 2 unspecified atom stereocenters. The molecule has 2 aliphatic rings. The molecule has 0 bridgehead atoms. The molecule has 1 N–H and O–H groups in total. The minimum absolute atomic E-state index is 0.0134. The summed E-state index contributed by atoms with van der Waals surface area (Å²) >= 11 is 0. The Morgan fingerprint density at radius 2 is 1.62 bits per heavy atom. The molecule has 2 saturated heterocycles. The number of benzene rings is 3. The predicted octanol–water partition coefficient (Wildman–Crippen LogP) is 3.95. The highest BCUT2D eigenvalue weighted by molar-refractivity contribution is 5.98. The number of carbonyl (C=O) groups is 2. The van der Waals surface area contributed by atoms with Crippen molar-refractivity contribution in [2.24, 2.45) is 0 Å². The summed E-state index contributed by atoms with van der Waals surface area (Å²) in [6, 6.07) is 20.8. The number of nitrogens with zero attached hydrogens (tertiary/aromatic N) is 3. The monoisotopic (exact) mass is 574 g/mol. The zero-order valence-corrected chi connectivity index (χ0v) is 24.3. The molecule has 0 aromatic heterocycles. The first-order chi connectivity index (χ1) is 20.4. The van der Waals surface area contributed by atoms with E-state index in [9.17, 15) is 14.0 Å². The Labute approximate surface area is 247 Å². The van der Waals surface area contributed by atoms with Gasteiger partial charge in [0.2, 0.25) is 5.91 Å². The average molecular weight is 575 g/mol. The standard InChI is InChI=1S/C33H39FN4O4/c1-41-29-8-3-6-25(18-29)22-37(21-24-10-12-27(34)13-11-24)28-20-31(33(40)36-16-5-14-35-15-17-36)38(23-28)32(39)26-7-4-9-30(19-26)42-2/h3-4,6-13,18-19,28,31,35H,5,14-17,20-23H2,1-2H3. The summed E-state index contributed by atoms with van der Waals surface area (Å²) in [4.78, 5) is 33.9. The summed E-state index contributed by atoms with van der Waals surface area (Å²) in [5.41, 5.74) is 2.50. The molecular formula is C33H39FN4O4. The maximum atomic E-state index is 14.0. The van der Waals surface area contributed by atoms with E-state index in [1.807, 2.05) is 29.2 Å². The van der Waals surface area contributed by atoms with Gasteiger partial charge >= 0.3 is 0 Å². The van der Waals surface area contributed by atoms with Crippen molar-refractivity contribution in [2.75, 3.05) is 46.9 Å². The normalized spacial score (nSPS) is 19.0. The van der Waals surface area contributed by atoms with Gasteiger partial charge in [-0.3, -0.25) is 14.5 Å². The second-order valence-corrected chi connectivity index (χ2v) is 10.9. The number of nitrogens with one attached hydrogen (secondary N) is 1. The first-order valence-corrected chi connectivity index (χ1v) is 14.5. The van der Waals surface area contributed by atoms with Crippen LogP contribution in [-0.4, -0.2) is 85.5 Å². The molecule has 0 radical (unpaired) electrons. The van der Waals surface area contributed by atoms with E-state index in [4.69, 9.17) is 9.47 Å². The third kappa shape index (κ3) is 7.09. The lowest BCUT2D eigenvalue weighted by Crippen LogP contribution is -2.48. The zero-order chi connectivity index (χ0) is 29.5. The summed E-state index contributed by atoms with van der Waals surface area (Å²) < 4.78 is 24.6. The molecular weight excluding hydrogens is 535 g/mol. The van der Waals surface area contributed by atoms with Gasteiger partial charge in [-0.05, 0) is 73.0 Å². The van der Waals surface area contributed by atoms with E-state index in [0.717, 1.165) is 36.4 Å². The van der Waals surface area contributed by atoms with Crippen LogP contribution in [0.2, 0.25) is 0 Å². The topological polar surface area (TPSA) is 74.4 Å². The quantitative estimate of drug-likeness (QED) is 0.417. The van der Waals surface area contributed by atoms with E-state index in [2.05, 4.69) is 10.2 Å². The number of methoxy groups -OCH3 is 2. The molecule has 2 atom stereocenters. The molecule has 8 nitrogen and oxygen atoms in total. The summed E-state index contributed by atoms with van der Waals surface area (Å²) in [7, 11) is 3.21. The fraction of sp³-hybridized carbons (Fsp3) is 0.394. The van der Waals surface area contributed by atoms with Crippen LogP contribution in [0.4, 0.5) is 4.39 Å². The van der Waals surface area contributed by atoms with Gasteiger partial charge in [0, 0.05) is 50.9 Å². The highest BCUT2D eigenvalue weighted by Crippen LogP contribution is 2.30. The first-order valence-electron chi connectivity index (χ1n) is 14.5. The molecule has 5 rings (SSSR count). The van der Waals surface area contributed by atoms with Crippen molar-refractivity contribution in [3.8, 4) is 11.5 Å². The van der Waals surface area contributed by atoms with E-state index in [1.54, 1.807) is 55.5 Å². The molecule has 0 saturated carbocycles. The summed E-state index contributed by atoms with van der Waals surface area (Å²) in [5.74, 6) is 0.866. The average Bonchev–Trinajstić information content (AvgIpc) is 3.28. The number of amides is 2. The third-order valence-corrected chi connectivity index (χ3v) is 8.13. The lowest BCUT2D eigenvalue weighted by molar-refractivity contribution is -0.135. The van der Waals surface area contributed by atoms with Crippen LogP contribution in [0.5, 0.6) is 11.5 Å². The Morgan fingerprint density at radius 3 is 2.38 bits per heavy atom. The SMILES string of the molecule is COc1cccc(CN(Cc2ccc(F)cc2)C2CC(C(=O)N3CCCNCC3)N(C(=O)c3cccc(OC)c3)C2)c1. The van der Waals surface area contributed by atoms with Gasteiger partial charge in [-0.2, -0.15) is 0 Å². The Hall–Kier alpha value is -3.95. The van der Waals surface area contributed by atoms with Gasteiger partial charge in [-0.1, -0.05) is 30.3 Å². The van der Waals surface area contributed by atoms with Crippen LogP contribution >= 0.6 is 0 Å². The Kier molecular flexibility index (Phi) is 9.71. The number of hydrogen-bond donors (Lipinski definition) is 1. The van der Waals surface area contributed by atoms with E-state index in [-0.39, 0.29) is 23.7 Å². The van der Waals surface area contributed by atoms with E-state index >= 15 is 0 Å². The highest BCUT2D eigenvalue weighted by atomic mass is 19.1. The number of carbonyl (C=O) groups excluding carboxylic acids is 2. The zero-order valence-electron chi connectivity index (χ0n) is 24.3. The van der Waals surface area contributed by atoms with Gasteiger partial charge in [0.15, 0.2) is 0 Å². The largest absolute Gasteiger partial charge is 0.497 e. The first kappa shape index (κ1) is 29.5.